The van der Waals surface area contributed by atoms with Crippen LogP contribution in [0.5, 0.6) is 5.75 Å². The molecule has 0 saturated carbocycles. The number of nitrogens with zero attached hydrogens (tertiary/aromatic N) is 2. The van der Waals surface area contributed by atoms with Crippen molar-refractivity contribution >= 4 is 39.3 Å². The molecular weight excluding hydrogens is 650 g/mol. The van der Waals surface area contributed by atoms with Crippen LogP contribution < -0.4 is 14.4 Å². The van der Waals surface area contributed by atoms with Gasteiger partial charge in [0.25, 0.3) is 10.0 Å². The molecule has 254 valence electrons. The summed E-state index contributed by atoms with van der Waals surface area (Å²) >= 11 is 1.48. The van der Waals surface area contributed by atoms with E-state index in [9.17, 15) is 22.4 Å². The van der Waals surface area contributed by atoms with Gasteiger partial charge in [0, 0.05) is 23.9 Å². The van der Waals surface area contributed by atoms with E-state index in [0.29, 0.717) is 24.3 Å². The topological polar surface area (TPSA) is 96.0 Å². The van der Waals surface area contributed by atoms with Crippen LogP contribution in [0.2, 0.25) is 0 Å². The fourth-order valence-corrected chi connectivity index (χ4v) is 6.88. The highest BCUT2D eigenvalue weighted by Gasteiger charge is 2.35. The van der Waals surface area contributed by atoms with Crippen molar-refractivity contribution in [2.24, 2.45) is 0 Å². The number of amides is 2. The van der Waals surface area contributed by atoms with Crippen LogP contribution in [0.4, 0.5) is 10.1 Å². The molecule has 0 fully saturated rings. The summed E-state index contributed by atoms with van der Waals surface area (Å²) in [6, 6.07) is 26.8. The standard InChI is InChI=1S/C37H42FN3O5S2/c1-5-27(3)39-37(43)35(24-28-10-8-7-9-11-28)40(25-29-12-14-30(38)15-13-29)36(42)26-41(31-16-18-32(19-17-31)46-6-2)48(44,45)34-22-20-33(47-4)21-23-34/h7-23,27,35H,5-6,24-26H2,1-4H3,(H,39,43). The molecule has 0 aliphatic rings. The highest BCUT2D eigenvalue weighted by atomic mass is 32.2. The summed E-state index contributed by atoms with van der Waals surface area (Å²) < 4.78 is 49.1. The molecule has 1 N–H and O–H groups in total. The molecule has 4 rings (SSSR count). The van der Waals surface area contributed by atoms with Crippen LogP contribution >= 0.6 is 11.8 Å². The molecule has 0 heterocycles. The van der Waals surface area contributed by atoms with Gasteiger partial charge in [-0.3, -0.25) is 13.9 Å². The average Bonchev–Trinajstić information content (AvgIpc) is 3.10. The van der Waals surface area contributed by atoms with Gasteiger partial charge in [-0.1, -0.05) is 49.4 Å². The largest absolute Gasteiger partial charge is 0.494 e. The van der Waals surface area contributed by atoms with Gasteiger partial charge >= 0.3 is 0 Å². The number of nitrogens with one attached hydrogen (secondary N) is 1. The van der Waals surface area contributed by atoms with Crippen molar-refractivity contribution in [3.63, 3.8) is 0 Å². The number of hydrogen-bond donors (Lipinski definition) is 1. The minimum Gasteiger partial charge on any atom is -0.494 e. The molecule has 0 bridgehead atoms. The number of carbonyl (C=O) groups excluding carboxylic acids is 2. The lowest BCUT2D eigenvalue weighted by Crippen LogP contribution is -2.54. The number of sulfonamides is 1. The van der Waals surface area contributed by atoms with Gasteiger partial charge in [-0.05, 0) is 98.3 Å². The summed E-state index contributed by atoms with van der Waals surface area (Å²) in [5, 5.41) is 3.01. The minimum absolute atomic E-state index is 0.0161. The fourth-order valence-electron chi connectivity index (χ4n) is 5.06. The molecule has 4 aromatic carbocycles. The first-order valence-corrected chi connectivity index (χ1v) is 18.5. The second kappa shape index (κ2) is 17.2. The Morgan fingerprint density at radius 3 is 2.10 bits per heavy atom. The van der Waals surface area contributed by atoms with Crippen molar-refractivity contribution in [2.75, 3.05) is 23.7 Å². The van der Waals surface area contributed by atoms with Crippen LogP contribution in [0.1, 0.15) is 38.3 Å². The Balaban J connectivity index is 1.80. The van der Waals surface area contributed by atoms with E-state index in [4.69, 9.17) is 4.74 Å². The molecule has 11 heteroatoms. The van der Waals surface area contributed by atoms with E-state index >= 15 is 0 Å². The van der Waals surface area contributed by atoms with E-state index in [0.717, 1.165) is 14.8 Å². The number of benzene rings is 4. The first-order chi connectivity index (χ1) is 23.0. The van der Waals surface area contributed by atoms with E-state index in [1.807, 2.05) is 57.4 Å². The molecule has 48 heavy (non-hydrogen) atoms. The summed E-state index contributed by atoms with van der Waals surface area (Å²) in [7, 11) is -4.25. The Morgan fingerprint density at radius 1 is 0.875 bits per heavy atom. The second-order valence-electron chi connectivity index (χ2n) is 11.3. The van der Waals surface area contributed by atoms with Crippen molar-refractivity contribution in [3.8, 4) is 5.75 Å². The zero-order valence-corrected chi connectivity index (χ0v) is 29.3. The maximum Gasteiger partial charge on any atom is 0.264 e. The van der Waals surface area contributed by atoms with Gasteiger partial charge in [-0.25, -0.2) is 12.8 Å². The van der Waals surface area contributed by atoms with E-state index < -0.39 is 34.3 Å². The molecule has 0 aliphatic carbocycles. The molecule has 0 aromatic heterocycles. The molecule has 2 amide bonds. The van der Waals surface area contributed by atoms with Crippen molar-refractivity contribution in [1.82, 2.24) is 10.2 Å². The highest BCUT2D eigenvalue weighted by Crippen LogP contribution is 2.28. The van der Waals surface area contributed by atoms with Gasteiger partial charge in [0.05, 0.1) is 17.2 Å². The maximum atomic E-state index is 14.6. The first-order valence-electron chi connectivity index (χ1n) is 15.8. The molecule has 8 nitrogen and oxygen atoms in total. The quantitative estimate of drug-likeness (QED) is 0.132. The number of ether oxygens (including phenoxy) is 1. The predicted octanol–water partition coefficient (Wildman–Crippen LogP) is 6.70. The number of halogens is 1. The van der Waals surface area contributed by atoms with Gasteiger partial charge < -0.3 is 15.0 Å². The van der Waals surface area contributed by atoms with Gasteiger partial charge in [0.15, 0.2) is 0 Å². The highest BCUT2D eigenvalue weighted by molar-refractivity contribution is 7.98. The normalized spacial score (nSPS) is 12.5. The lowest BCUT2D eigenvalue weighted by atomic mass is 10.0. The van der Waals surface area contributed by atoms with Gasteiger partial charge in [-0.15, -0.1) is 11.8 Å². The number of thioether (sulfide) groups is 1. The first kappa shape index (κ1) is 36.5. The Kier molecular flexibility index (Phi) is 13.0. The fraction of sp³-hybridized carbons (Fsp3) is 0.297. The number of anilines is 1. The van der Waals surface area contributed by atoms with Crippen LogP contribution in [0.25, 0.3) is 0 Å². The molecule has 0 radical (unpaired) electrons. The molecule has 0 saturated heterocycles. The Bertz CT molecular complexity index is 1740. The van der Waals surface area contributed by atoms with Crippen molar-refractivity contribution < 1.29 is 27.1 Å². The predicted molar refractivity (Wildman–Crippen MR) is 189 cm³/mol. The van der Waals surface area contributed by atoms with E-state index in [1.54, 1.807) is 48.5 Å². The molecule has 4 aromatic rings. The van der Waals surface area contributed by atoms with Crippen LogP contribution in [0.15, 0.2) is 113 Å². The third-order valence-electron chi connectivity index (χ3n) is 7.90. The van der Waals surface area contributed by atoms with Crippen molar-refractivity contribution in [1.29, 1.82) is 0 Å². The summed E-state index contributed by atoms with van der Waals surface area (Å²) in [6.45, 7) is 5.46. The van der Waals surface area contributed by atoms with E-state index in [-0.39, 0.29) is 35.5 Å². The monoisotopic (exact) mass is 691 g/mol. The van der Waals surface area contributed by atoms with Gasteiger partial charge in [0.1, 0.15) is 24.2 Å². The number of carbonyl (C=O) groups is 2. The molecular formula is C37H42FN3O5S2. The molecule has 2 unspecified atom stereocenters. The zero-order chi connectivity index (χ0) is 34.7. The van der Waals surface area contributed by atoms with Crippen molar-refractivity contribution in [2.45, 2.75) is 62.0 Å². The number of rotatable bonds is 16. The second-order valence-corrected chi connectivity index (χ2v) is 14.0. The Morgan fingerprint density at radius 2 is 1.52 bits per heavy atom. The molecule has 2 atom stereocenters. The Hall–Kier alpha value is -4.35. The van der Waals surface area contributed by atoms with E-state index in [2.05, 4.69) is 5.32 Å². The lowest BCUT2D eigenvalue weighted by Gasteiger charge is -2.34. The smallest absolute Gasteiger partial charge is 0.264 e. The maximum absolute atomic E-state index is 14.6. The van der Waals surface area contributed by atoms with Crippen LogP contribution in [-0.2, 0) is 32.6 Å². The minimum atomic E-state index is -4.25. The van der Waals surface area contributed by atoms with Crippen LogP contribution in [0.3, 0.4) is 0 Å². The van der Waals surface area contributed by atoms with Crippen molar-refractivity contribution in [3.05, 3.63) is 120 Å². The van der Waals surface area contributed by atoms with Gasteiger partial charge in [-0.2, -0.15) is 0 Å². The molecule has 0 spiro atoms. The summed E-state index contributed by atoms with van der Waals surface area (Å²) in [6.07, 6.45) is 2.75. The van der Waals surface area contributed by atoms with Crippen LogP contribution in [-0.4, -0.2) is 56.6 Å². The third kappa shape index (κ3) is 9.60. The molecule has 0 aliphatic heterocycles. The summed E-state index contributed by atoms with van der Waals surface area (Å²) in [5.41, 5.74) is 1.66. The summed E-state index contributed by atoms with van der Waals surface area (Å²) in [4.78, 5) is 30.8. The summed E-state index contributed by atoms with van der Waals surface area (Å²) in [5.74, 6) is -0.853. The Labute approximate surface area is 287 Å². The van der Waals surface area contributed by atoms with Crippen LogP contribution in [0, 0.1) is 5.82 Å². The number of hydrogen-bond acceptors (Lipinski definition) is 6. The zero-order valence-electron chi connectivity index (χ0n) is 27.6. The SMILES string of the molecule is CCOc1ccc(N(CC(=O)N(Cc2ccc(F)cc2)C(Cc2ccccc2)C(=O)NC(C)CC)S(=O)(=O)c2ccc(SC)cc2)cc1. The average molecular weight is 692 g/mol. The third-order valence-corrected chi connectivity index (χ3v) is 10.4. The lowest BCUT2D eigenvalue weighted by molar-refractivity contribution is -0.140. The van der Waals surface area contributed by atoms with Gasteiger partial charge in [0.2, 0.25) is 11.8 Å². The van der Waals surface area contributed by atoms with E-state index in [1.165, 1.54) is 40.9 Å².